The van der Waals surface area contributed by atoms with Gasteiger partial charge in [-0.3, -0.25) is 0 Å². The highest BCUT2D eigenvalue weighted by Crippen LogP contribution is 2.47. The average molecular weight is 447 g/mol. The second-order valence-corrected chi connectivity index (χ2v) is 9.75. The number of rotatable bonds is 3. The average Bonchev–Trinajstić information content (AvgIpc) is 2.87. The van der Waals surface area contributed by atoms with E-state index in [0.29, 0.717) is 0 Å². The van der Waals surface area contributed by atoms with Gasteiger partial charge in [-0.05, 0) is 67.7 Å². The molecule has 0 atom stereocenters. The molecule has 0 saturated carbocycles. The van der Waals surface area contributed by atoms with E-state index in [2.05, 4.69) is 110 Å². The summed E-state index contributed by atoms with van der Waals surface area (Å²) in [6, 6.07) is 35.7. The predicted octanol–water partition coefficient (Wildman–Crippen LogP) is 9.41. The topological polar surface area (TPSA) is 0 Å². The van der Waals surface area contributed by atoms with Crippen molar-refractivity contribution in [2.45, 2.75) is 9.79 Å². The summed E-state index contributed by atoms with van der Waals surface area (Å²) in [6.45, 7) is 0. The molecule has 154 valence electrons. The van der Waals surface area contributed by atoms with Crippen molar-refractivity contribution >= 4 is 66.6 Å². The highest BCUT2D eigenvalue weighted by molar-refractivity contribution is 7.99. The van der Waals surface area contributed by atoms with Crippen molar-refractivity contribution in [2.75, 3.05) is 12.5 Å². The van der Waals surface area contributed by atoms with Gasteiger partial charge in [0.05, 0.1) is 0 Å². The molecule has 2 heteroatoms. The van der Waals surface area contributed by atoms with Crippen molar-refractivity contribution in [3.63, 3.8) is 0 Å². The molecule has 0 aliphatic carbocycles. The first-order valence-electron chi connectivity index (χ1n) is 10.8. The van der Waals surface area contributed by atoms with Gasteiger partial charge in [-0.2, -0.15) is 0 Å². The molecular weight excluding hydrogens is 424 g/mol. The SMILES string of the molecule is CSc1ccc2ccc3ccccc3c2c1-c1c(SC)ccc2ccc3ccccc3c12. The molecule has 0 heterocycles. The van der Waals surface area contributed by atoms with Crippen molar-refractivity contribution in [1.29, 1.82) is 0 Å². The van der Waals surface area contributed by atoms with Crippen molar-refractivity contribution in [3.05, 3.63) is 97.1 Å². The quantitative estimate of drug-likeness (QED) is 0.196. The molecule has 0 fully saturated rings. The van der Waals surface area contributed by atoms with Gasteiger partial charge in [-0.15, -0.1) is 23.5 Å². The Hall–Kier alpha value is -2.94. The first-order valence-corrected chi connectivity index (χ1v) is 13.2. The number of benzene rings is 6. The Kier molecular flexibility index (Phi) is 4.86. The molecular formula is C30H22S2. The van der Waals surface area contributed by atoms with Crippen LogP contribution in [0.2, 0.25) is 0 Å². The van der Waals surface area contributed by atoms with Crippen LogP contribution in [0.3, 0.4) is 0 Å². The molecule has 0 bridgehead atoms. The predicted molar refractivity (Wildman–Crippen MR) is 145 cm³/mol. The summed E-state index contributed by atoms with van der Waals surface area (Å²) < 4.78 is 0. The second-order valence-electron chi connectivity index (χ2n) is 8.06. The molecule has 0 aliphatic heterocycles. The highest BCUT2D eigenvalue weighted by Gasteiger charge is 2.19. The molecule has 0 aliphatic rings. The van der Waals surface area contributed by atoms with Crippen molar-refractivity contribution in [3.8, 4) is 11.1 Å². The van der Waals surface area contributed by atoms with Gasteiger partial charge in [-0.1, -0.05) is 84.9 Å². The molecule has 0 N–H and O–H groups in total. The van der Waals surface area contributed by atoms with Crippen molar-refractivity contribution < 1.29 is 0 Å². The van der Waals surface area contributed by atoms with E-state index >= 15 is 0 Å². The fourth-order valence-electron chi connectivity index (χ4n) is 4.99. The number of thioether (sulfide) groups is 2. The number of hydrogen-bond donors (Lipinski definition) is 0. The van der Waals surface area contributed by atoms with Crippen LogP contribution in [0.1, 0.15) is 0 Å². The lowest BCUT2D eigenvalue weighted by Gasteiger charge is -2.20. The Labute approximate surface area is 196 Å². The van der Waals surface area contributed by atoms with Crippen LogP contribution >= 0.6 is 23.5 Å². The fraction of sp³-hybridized carbons (Fsp3) is 0.0667. The Morgan fingerprint density at radius 3 is 1.22 bits per heavy atom. The number of hydrogen-bond acceptors (Lipinski definition) is 2. The Bertz CT molecular complexity index is 1520. The molecule has 0 nitrogen and oxygen atoms in total. The molecule has 0 radical (unpaired) electrons. The minimum Gasteiger partial charge on any atom is -0.129 e. The lowest BCUT2D eigenvalue weighted by Crippen LogP contribution is -1.92. The van der Waals surface area contributed by atoms with E-state index in [9.17, 15) is 0 Å². The third kappa shape index (κ3) is 2.94. The highest BCUT2D eigenvalue weighted by atomic mass is 32.2. The van der Waals surface area contributed by atoms with Gasteiger partial charge < -0.3 is 0 Å². The zero-order chi connectivity index (χ0) is 21.7. The lowest BCUT2D eigenvalue weighted by molar-refractivity contribution is 1.44. The minimum atomic E-state index is 1.29. The minimum absolute atomic E-state index is 1.29. The van der Waals surface area contributed by atoms with Gasteiger partial charge in [0.25, 0.3) is 0 Å². The van der Waals surface area contributed by atoms with Crippen LogP contribution in [-0.4, -0.2) is 12.5 Å². The van der Waals surface area contributed by atoms with Crippen LogP contribution in [0.5, 0.6) is 0 Å². The largest absolute Gasteiger partial charge is 0.129 e. The Morgan fingerprint density at radius 2 is 0.781 bits per heavy atom. The summed E-state index contributed by atoms with van der Waals surface area (Å²) in [6.07, 6.45) is 4.38. The van der Waals surface area contributed by atoms with Crippen LogP contribution in [0, 0.1) is 0 Å². The zero-order valence-corrected chi connectivity index (χ0v) is 19.7. The van der Waals surface area contributed by atoms with Gasteiger partial charge in [0.1, 0.15) is 0 Å². The molecule has 6 rings (SSSR count). The maximum atomic E-state index is 2.30. The second kappa shape index (κ2) is 7.88. The van der Waals surface area contributed by atoms with Crippen LogP contribution < -0.4 is 0 Å². The Morgan fingerprint density at radius 1 is 0.406 bits per heavy atom. The zero-order valence-electron chi connectivity index (χ0n) is 18.1. The normalized spacial score (nSPS) is 11.7. The smallest absolute Gasteiger partial charge is 0.0155 e. The Balaban J connectivity index is 1.92. The van der Waals surface area contributed by atoms with E-state index in [-0.39, 0.29) is 0 Å². The first-order chi connectivity index (χ1) is 15.8. The van der Waals surface area contributed by atoms with E-state index in [1.807, 2.05) is 23.5 Å². The standard InChI is InChI=1S/C30H22S2/c1-31-25-17-15-21-13-11-19-7-3-5-9-23(19)27(21)29(25)30-26(32-2)18-16-22-14-12-20-8-4-6-10-24(20)28(22)30/h3-18H,1-2H3. The molecule has 6 aromatic carbocycles. The van der Waals surface area contributed by atoms with Crippen molar-refractivity contribution in [2.24, 2.45) is 0 Å². The van der Waals surface area contributed by atoms with E-state index in [4.69, 9.17) is 0 Å². The maximum absolute atomic E-state index is 2.30. The van der Waals surface area contributed by atoms with Crippen LogP contribution in [0.15, 0.2) is 107 Å². The van der Waals surface area contributed by atoms with Gasteiger partial charge >= 0.3 is 0 Å². The summed E-state index contributed by atoms with van der Waals surface area (Å²) in [4.78, 5) is 2.65. The van der Waals surface area contributed by atoms with Crippen LogP contribution in [0.4, 0.5) is 0 Å². The fourth-order valence-corrected chi connectivity index (χ4v) is 6.22. The van der Waals surface area contributed by atoms with E-state index in [0.717, 1.165) is 0 Å². The third-order valence-corrected chi connectivity index (χ3v) is 7.99. The molecule has 0 saturated heterocycles. The maximum Gasteiger partial charge on any atom is 0.0155 e. The lowest BCUT2D eigenvalue weighted by atomic mass is 9.89. The van der Waals surface area contributed by atoms with Crippen molar-refractivity contribution in [1.82, 2.24) is 0 Å². The molecule has 6 aromatic rings. The van der Waals surface area contributed by atoms with Gasteiger partial charge in [0.15, 0.2) is 0 Å². The van der Waals surface area contributed by atoms with E-state index < -0.39 is 0 Å². The summed E-state index contributed by atoms with van der Waals surface area (Å²) in [5, 5.41) is 10.5. The molecule has 0 spiro atoms. The molecule has 0 unspecified atom stereocenters. The van der Waals surface area contributed by atoms with E-state index in [1.54, 1.807) is 0 Å². The number of fused-ring (bicyclic) bond motifs is 6. The van der Waals surface area contributed by atoms with Gasteiger partial charge in [0.2, 0.25) is 0 Å². The van der Waals surface area contributed by atoms with Gasteiger partial charge in [-0.25, -0.2) is 0 Å². The van der Waals surface area contributed by atoms with E-state index in [1.165, 1.54) is 64.0 Å². The molecule has 0 aromatic heterocycles. The van der Waals surface area contributed by atoms with Crippen LogP contribution in [-0.2, 0) is 0 Å². The summed E-state index contributed by atoms with van der Waals surface area (Å²) in [5.41, 5.74) is 2.72. The third-order valence-electron chi connectivity index (χ3n) is 6.43. The summed E-state index contributed by atoms with van der Waals surface area (Å²) in [5.74, 6) is 0. The monoisotopic (exact) mass is 446 g/mol. The summed E-state index contributed by atoms with van der Waals surface area (Å²) in [7, 11) is 0. The summed E-state index contributed by atoms with van der Waals surface area (Å²) >= 11 is 3.68. The first kappa shape index (κ1) is 19.7. The van der Waals surface area contributed by atoms with Crippen LogP contribution in [0.25, 0.3) is 54.2 Å². The molecule has 32 heavy (non-hydrogen) atoms. The van der Waals surface area contributed by atoms with Gasteiger partial charge in [0, 0.05) is 20.9 Å². The molecule has 0 amide bonds.